The van der Waals surface area contributed by atoms with Crippen LogP contribution in [0.25, 0.3) is 17.1 Å². The summed E-state index contributed by atoms with van der Waals surface area (Å²) in [6, 6.07) is 25.1. The third-order valence-electron chi connectivity index (χ3n) is 4.97. The monoisotopic (exact) mass is 454 g/mol. The maximum Gasteiger partial charge on any atom is 0.378 e. The van der Waals surface area contributed by atoms with Crippen LogP contribution in [0.3, 0.4) is 0 Å². The lowest BCUT2D eigenvalue weighted by atomic mass is 10.1. The Labute approximate surface area is 196 Å². The quantitative estimate of drug-likeness (QED) is 0.314. The van der Waals surface area contributed by atoms with Crippen LogP contribution in [0.4, 0.5) is 5.69 Å². The molecule has 34 heavy (non-hydrogen) atoms. The van der Waals surface area contributed by atoms with E-state index in [0.717, 1.165) is 11.3 Å². The van der Waals surface area contributed by atoms with Gasteiger partial charge in [0.25, 0.3) is 5.82 Å². The van der Waals surface area contributed by atoms with Crippen LogP contribution >= 0.6 is 0 Å². The Bertz CT molecular complexity index is 1240. The summed E-state index contributed by atoms with van der Waals surface area (Å²) < 4.78 is 6.77. The van der Waals surface area contributed by atoms with E-state index in [9.17, 15) is 14.4 Å². The molecule has 1 N–H and O–H groups in total. The highest BCUT2D eigenvalue weighted by molar-refractivity contribution is 5.99. The molecule has 1 aromatic heterocycles. The van der Waals surface area contributed by atoms with Gasteiger partial charge in [-0.15, -0.1) is 5.10 Å². The third-order valence-corrected chi connectivity index (χ3v) is 4.97. The van der Waals surface area contributed by atoms with E-state index in [4.69, 9.17) is 4.74 Å². The Kier molecular flexibility index (Phi) is 6.88. The molecule has 0 aliphatic carbocycles. The maximum atomic E-state index is 12.7. The van der Waals surface area contributed by atoms with Crippen molar-refractivity contribution in [3.8, 4) is 17.1 Å². The standard InChI is InChI=1S/C26H22N4O4/c1-2-23(32)27-20-15-13-18(14-16-20)22(31)17-34-26(33)24-28-25(19-9-5-3-6-10-19)30(29-24)21-11-7-4-8-12-21/h3-16H,2,17H2,1H3,(H,27,32). The number of rotatable bonds is 8. The maximum absolute atomic E-state index is 12.7. The summed E-state index contributed by atoms with van der Waals surface area (Å²) in [4.78, 5) is 41.0. The van der Waals surface area contributed by atoms with Crippen molar-refractivity contribution >= 4 is 23.3 Å². The van der Waals surface area contributed by atoms with Gasteiger partial charge >= 0.3 is 5.97 Å². The van der Waals surface area contributed by atoms with E-state index in [1.807, 2.05) is 60.7 Å². The largest absolute Gasteiger partial charge is 0.451 e. The smallest absolute Gasteiger partial charge is 0.378 e. The Balaban J connectivity index is 1.48. The molecule has 8 nitrogen and oxygen atoms in total. The number of anilines is 1. The molecule has 0 spiro atoms. The number of amides is 1. The van der Waals surface area contributed by atoms with E-state index in [-0.39, 0.29) is 17.5 Å². The van der Waals surface area contributed by atoms with Gasteiger partial charge in [0.15, 0.2) is 18.2 Å². The van der Waals surface area contributed by atoms with Gasteiger partial charge in [-0.1, -0.05) is 55.5 Å². The number of benzene rings is 3. The van der Waals surface area contributed by atoms with E-state index in [1.54, 1.807) is 35.9 Å². The van der Waals surface area contributed by atoms with Crippen molar-refractivity contribution in [1.29, 1.82) is 0 Å². The molecular formula is C26H22N4O4. The Hall–Kier alpha value is -4.59. The van der Waals surface area contributed by atoms with Gasteiger partial charge in [0.2, 0.25) is 5.91 Å². The summed E-state index contributed by atoms with van der Waals surface area (Å²) in [7, 11) is 0. The fourth-order valence-corrected chi connectivity index (χ4v) is 3.19. The molecule has 0 bridgehead atoms. The van der Waals surface area contributed by atoms with Gasteiger partial charge in [-0.05, 0) is 36.4 Å². The van der Waals surface area contributed by atoms with E-state index in [0.29, 0.717) is 23.5 Å². The number of hydrogen-bond donors (Lipinski definition) is 1. The van der Waals surface area contributed by atoms with Crippen molar-refractivity contribution in [3.63, 3.8) is 0 Å². The lowest BCUT2D eigenvalue weighted by molar-refractivity contribution is -0.115. The van der Waals surface area contributed by atoms with Crippen molar-refractivity contribution in [1.82, 2.24) is 14.8 Å². The number of hydrogen-bond acceptors (Lipinski definition) is 6. The molecule has 0 fully saturated rings. The Morgan fingerprint density at radius 3 is 2.18 bits per heavy atom. The van der Waals surface area contributed by atoms with Gasteiger partial charge in [-0.25, -0.2) is 14.5 Å². The predicted molar refractivity (Wildman–Crippen MR) is 127 cm³/mol. The van der Waals surface area contributed by atoms with Crippen LogP contribution in [0.2, 0.25) is 0 Å². The van der Waals surface area contributed by atoms with Crippen molar-refractivity contribution in [2.24, 2.45) is 0 Å². The molecule has 1 heterocycles. The summed E-state index contributed by atoms with van der Waals surface area (Å²) in [5, 5.41) is 7.04. The van der Waals surface area contributed by atoms with E-state index in [2.05, 4.69) is 15.4 Å². The molecule has 0 saturated heterocycles. The number of ketones is 1. The minimum Gasteiger partial charge on any atom is -0.451 e. The number of aromatic nitrogens is 3. The fourth-order valence-electron chi connectivity index (χ4n) is 3.19. The van der Waals surface area contributed by atoms with E-state index in [1.165, 1.54) is 0 Å². The minimum atomic E-state index is -0.799. The van der Waals surface area contributed by atoms with Gasteiger partial charge in [0.1, 0.15) is 0 Å². The first-order chi connectivity index (χ1) is 16.5. The zero-order valence-electron chi connectivity index (χ0n) is 18.5. The summed E-state index contributed by atoms with van der Waals surface area (Å²) in [5.74, 6) is -0.965. The molecule has 0 aliphatic rings. The SMILES string of the molecule is CCC(=O)Nc1ccc(C(=O)COC(=O)c2nc(-c3ccccc3)n(-c3ccccc3)n2)cc1. The molecule has 0 radical (unpaired) electrons. The van der Waals surface area contributed by atoms with Crippen LogP contribution in [0.1, 0.15) is 34.3 Å². The highest BCUT2D eigenvalue weighted by atomic mass is 16.5. The zero-order chi connectivity index (χ0) is 23.9. The third kappa shape index (κ3) is 5.24. The highest BCUT2D eigenvalue weighted by Crippen LogP contribution is 2.21. The number of esters is 1. The predicted octanol–water partition coefficient (Wildman–Crippen LogP) is 4.32. The van der Waals surface area contributed by atoms with E-state index >= 15 is 0 Å². The second-order valence-corrected chi connectivity index (χ2v) is 7.35. The summed E-state index contributed by atoms with van der Waals surface area (Å²) >= 11 is 0. The van der Waals surface area contributed by atoms with Crippen LogP contribution in [0.5, 0.6) is 0 Å². The second kappa shape index (κ2) is 10.4. The first-order valence-electron chi connectivity index (χ1n) is 10.7. The average molecular weight is 454 g/mol. The molecule has 0 aliphatic heterocycles. The van der Waals surface area contributed by atoms with Crippen molar-refractivity contribution in [2.75, 3.05) is 11.9 Å². The lowest BCUT2D eigenvalue weighted by Crippen LogP contribution is -2.16. The number of carbonyl (C=O) groups excluding carboxylic acids is 3. The molecule has 4 aromatic rings. The van der Waals surface area contributed by atoms with Crippen molar-refractivity contribution < 1.29 is 19.1 Å². The van der Waals surface area contributed by atoms with Gasteiger partial charge in [0.05, 0.1) is 5.69 Å². The molecule has 0 unspecified atom stereocenters. The molecular weight excluding hydrogens is 432 g/mol. The van der Waals surface area contributed by atoms with E-state index < -0.39 is 12.6 Å². The topological polar surface area (TPSA) is 103 Å². The summed E-state index contributed by atoms with van der Waals surface area (Å²) in [6.07, 6.45) is 0.358. The Morgan fingerprint density at radius 1 is 0.882 bits per heavy atom. The normalized spacial score (nSPS) is 10.5. The van der Waals surface area contributed by atoms with Gasteiger partial charge < -0.3 is 10.1 Å². The number of nitrogens with zero attached hydrogens (tertiary/aromatic N) is 3. The number of nitrogens with one attached hydrogen (secondary N) is 1. The van der Waals surface area contributed by atoms with Crippen LogP contribution in [-0.4, -0.2) is 39.0 Å². The number of para-hydroxylation sites is 1. The van der Waals surface area contributed by atoms with Crippen LogP contribution in [-0.2, 0) is 9.53 Å². The lowest BCUT2D eigenvalue weighted by Gasteiger charge is -2.05. The van der Waals surface area contributed by atoms with Gasteiger partial charge in [0, 0.05) is 23.2 Å². The van der Waals surface area contributed by atoms with Crippen LogP contribution in [0.15, 0.2) is 84.9 Å². The molecule has 0 saturated carbocycles. The van der Waals surface area contributed by atoms with Gasteiger partial charge in [-0.2, -0.15) is 0 Å². The molecule has 8 heteroatoms. The summed E-state index contributed by atoms with van der Waals surface area (Å²) in [6.45, 7) is 1.29. The highest BCUT2D eigenvalue weighted by Gasteiger charge is 2.21. The number of ether oxygens (including phenoxy) is 1. The first kappa shape index (κ1) is 22.6. The number of Topliss-reactive ketones (excluding diaryl/α,β-unsaturated/α-hetero) is 1. The van der Waals surface area contributed by atoms with Gasteiger partial charge in [-0.3, -0.25) is 9.59 Å². The zero-order valence-corrected chi connectivity index (χ0v) is 18.5. The van der Waals surface area contributed by atoms with Crippen molar-refractivity contribution in [3.05, 3.63) is 96.3 Å². The molecule has 0 atom stereocenters. The van der Waals surface area contributed by atoms with Crippen LogP contribution in [0, 0.1) is 0 Å². The van der Waals surface area contributed by atoms with Crippen LogP contribution < -0.4 is 5.32 Å². The first-order valence-corrected chi connectivity index (χ1v) is 10.7. The van der Waals surface area contributed by atoms with Crippen molar-refractivity contribution in [2.45, 2.75) is 13.3 Å². The molecule has 3 aromatic carbocycles. The molecule has 1 amide bonds. The molecule has 170 valence electrons. The fraction of sp³-hybridized carbons (Fsp3) is 0.115. The average Bonchev–Trinajstić information content (AvgIpc) is 3.34. The minimum absolute atomic E-state index is 0.120. The molecule has 4 rings (SSSR count). The Morgan fingerprint density at radius 2 is 1.53 bits per heavy atom. The second-order valence-electron chi connectivity index (χ2n) is 7.35. The number of carbonyl (C=O) groups is 3. The summed E-state index contributed by atoms with van der Waals surface area (Å²) in [5.41, 5.74) is 2.46.